The van der Waals surface area contributed by atoms with Gasteiger partial charge in [-0.3, -0.25) is 4.98 Å². The third-order valence-corrected chi connectivity index (χ3v) is 2.93. The number of aromatic amines is 2. The fourth-order valence-corrected chi connectivity index (χ4v) is 2.00. The second-order valence-corrected chi connectivity index (χ2v) is 4.25. The molecule has 0 bridgehead atoms. The smallest absolute Gasteiger partial charge is 0.340 e. The third-order valence-electron chi connectivity index (χ3n) is 2.93. The van der Waals surface area contributed by atoms with Gasteiger partial charge in [-0.05, 0) is 6.07 Å². The molecule has 1 aliphatic heterocycles. The first-order chi connectivity index (χ1) is 9.76. The summed E-state index contributed by atoms with van der Waals surface area (Å²) in [7, 11) is 1.60. The van der Waals surface area contributed by atoms with Gasteiger partial charge in [-0.1, -0.05) is 0 Å². The lowest BCUT2D eigenvalue weighted by molar-refractivity contribution is 0.174. The second-order valence-electron chi connectivity index (χ2n) is 4.25. The molecule has 20 heavy (non-hydrogen) atoms. The van der Waals surface area contributed by atoms with E-state index < -0.39 is 0 Å². The van der Waals surface area contributed by atoms with Crippen LogP contribution in [0.3, 0.4) is 0 Å². The number of benzene rings is 1. The van der Waals surface area contributed by atoms with E-state index in [1.54, 1.807) is 13.2 Å². The number of hydrogen-bond donors (Lipinski definition) is 3. The molecule has 8 heteroatoms. The molecule has 1 aromatic carbocycles. The average molecular weight is 278 g/mol. The Morgan fingerprint density at radius 1 is 1.35 bits per heavy atom. The van der Waals surface area contributed by atoms with Crippen LogP contribution in [0.1, 0.15) is 11.4 Å². The van der Waals surface area contributed by atoms with Gasteiger partial charge in [-0.15, -0.1) is 0 Å². The number of fused-ring (bicyclic) bond motifs is 1. The number of H-pyrrole nitrogens is 2. The number of ether oxygens (including phenoxy) is 3. The van der Waals surface area contributed by atoms with Crippen LogP contribution in [0.25, 0.3) is 0 Å². The van der Waals surface area contributed by atoms with Crippen LogP contribution < -0.4 is 25.2 Å². The van der Waals surface area contributed by atoms with E-state index in [1.807, 2.05) is 6.07 Å². The minimum atomic E-state index is -0.317. The summed E-state index contributed by atoms with van der Waals surface area (Å²) in [6, 6.07) is 3.68. The lowest BCUT2D eigenvalue weighted by atomic mass is 10.1. The number of rotatable bonds is 5. The Balaban J connectivity index is 1.69. The molecule has 0 amide bonds. The Morgan fingerprint density at radius 2 is 2.15 bits per heavy atom. The molecule has 3 rings (SSSR count). The predicted octanol–water partition coefficient (Wildman–Crippen LogP) is 0.125. The zero-order chi connectivity index (χ0) is 13.9. The van der Waals surface area contributed by atoms with Crippen molar-refractivity contribution < 1.29 is 14.2 Å². The van der Waals surface area contributed by atoms with E-state index in [1.165, 1.54) is 0 Å². The van der Waals surface area contributed by atoms with Crippen molar-refractivity contribution in [3.05, 3.63) is 34.0 Å². The van der Waals surface area contributed by atoms with Crippen molar-refractivity contribution >= 4 is 0 Å². The highest BCUT2D eigenvalue weighted by Crippen LogP contribution is 2.37. The summed E-state index contributed by atoms with van der Waals surface area (Å²) >= 11 is 0. The predicted molar refractivity (Wildman–Crippen MR) is 68.9 cm³/mol. The summed E-state index contributed by atoms with van der Waals surface area (Å²) < 4.78 is 16.0. The van der Waals surface area contributed by atoms with E-state index in [2.05, 4.69) is 20.5 Å². The summed E-state index contributed by atoms with van der Waals surface area (Å²) in [6.07, 6.45) is 0. The van der Waals surface area contributed by atoms with Crippen LogP contribution in [0.4, 0.5) is 0 Å². The minimum Gasteiger partial charge on any atom is -0.496 e. The fourth-order valence-electron chi connectivity index (χ4n) is 2.00. The molecular weight excluding hydrogens is 264 g/mol. The van der Waals surface area contributed by atoms with Gasteiger partial charge in [-0.2, -0.15) is 5.10 Å². The standard InChI is InChI=1S/C12H14N4O4/c1-18-8-3-10-9(19-6-20-10)2-7(8)4-13-5-11-14-12(17)16-15-11/h2-3,13H,4-6H2,1H3,(H2,14,15,16,17). The highest BCUT2D eigenvalue weighted by atomic mass is 16.7. The van der Waals surface area contributed by atoms with Crippen LogP contribution in [0, 0.1) is 0 Å². The van der Waals surface area contributed by atoms with Crippen LogP contribution in [0.2, 0.25) is 0 Å². The molecule has 2 heterocycles. The van der Waals surface area contributed by atoms with E-state index in [9.17, 15) is 4.79 Å². The van der Waals surface area contributed by atoms with Crippen LogP contribution in [-0.4, -0.2) is 29.1 Å². The quantitative estimate of drug-likeness (QED) is 0.718. The van der Waals surface area contributed by atoms with E-state index in [0.717, 1.165) is 11.3 Å². The fraction of sp³-hybridized carbons (Fsp3) is 0.333. The van der Waals surface area contributed by atoms with Gasteiger partial charge in [0.15, 0.2) is 11.5 Å². The first kappa shape index (κ1) is 12.5. The van der Waals surface area contributed by atoms with Crippen LogP contribution in [0.15, 0.2) is 16.9 Å². The summed E-state index contributed by atoms with van der Waals surface area (Å²) in [6.45, 7) is 1.22. The van der Waals surface area contributed by atoms with Gasteiger partial charge >= 0.3 is 5.69 Å². The van der Waals surface area contributed by atoms with Crippen molar-refractivity contribution in [2.75, 3.05) is 13.9 Å². The molecule has 0 atom stereocenters. The molecule has 1 aromatic heterocycles. The molecule has 0 spiro atoms. The van der Waals surface area contributed by atoms with Gasteiger partial charge in [0.2, 0.25) is 6.79 Å². The molecule has 106 valence electrons. The normalized spacial score (nSPS) is 12.7. The zero-order valence-corrected chi connectivity index (χ0v) is 10.9. The van der Waals surface area contributed by atoms with Gasteiger partial charge in [0.25, 0.3) is 0 Å². The average Bonchev–Trinajstić information content (AvgIpc) is 3.06. The number of nitrogens with one attached hydrogen (secondary N) is 3. The van der Waals surface area contributed by atoms with Crippen molar-refractivity contribution in [2.24, 2.45) is 0 Å². The van der Waals surface area contributed by atoms with Crippen molar-refractivity contribution in [1.82, 2.24) is 20.5 Å². The molecule has 0 radical (unpaired) electrons. The van der Waals surface area contributed by atoms with E-state index >= 15 is 0 Å². The van der Waals surface area contributed by atoms with Crippen LogP contribution in [0.5, 0.6) is 17.2 Å². The van der Waals surface area contributed by atoms with Gasteiger partial charge in [0.1, 0.15) is 11.6 Å². The lowest BCUT2D eigenvalue weighted by Crippen LogP contribution is -2.15. The molecule has 3 N–H and O–H groups in total. The summed E-state index contributed by atoms with van der Waals surface area (Å²) in [5.41, 5.74) is 0.622. The molecule has 8 nitrogen and oxygen atoms in total. The van der Waals surface area contributed by atoms with Crippen LogP contribution in [-0.2, 0) is 13.1 Å². The number of nitrogens with zero attached hydrogens (tertiary/aromatic N) is 1. The Morgan fingerprint density at radius 3 is 2.85 bits per heavy atom. The van der Waals surface area contributed by atoms with Crippen molar-refractivity contribution in [3.63, 3.8) is 0 Å². The van der Waals surface area contributed by atoms with Gasteiger partial charge in [0.05, 0.1) is 13.7 Å². The molecule has 0 saturated heterocycles. The van der Waals surface area contributed by atoms with Gasteiger partial charge < -0.3 is 19.5 Å². The summed E-state index contributed by atoms with van der Waals surface area (Å²) in [5, 5.41) is 9.30. The molecule has 0 saturated carbocycles. The van der Waals surface area contributed by atoms with E-state index in [0.29, 0.717) is 30.4 Å². The number of aromatic nitrogens is 3. The monoisotopic (exact) mass is 278 g/mol. The zero-order valence-electron chi connectivity index (χ0n) is 10.9. The molecule has 0 fully saturated rings. The molecule has 0 aliphatic carbocycles. The maximum Gasteiger partial charge on any atom is 0.340 e. The van der Waals surface area contributed by atoms with Crippen molar-refractivity contribution in [3.8, 4) is 17.2 Å². The Kier molecular flexibility index (Phi) is 3.30. The Labute approximate surface area is 114 Å². The highest BCUT2D eigenvalue weighted by Gasteiger charge is 2.17. The van der Waals surface area contributed by atoms with E-state index in [-0.39, 0.29) is 12.5 Å². The van der Waals surface area contributed by atoms with Gasteiger partial charge in [0, 0.05) is 18.2 Å². The molecule has 2 aromatic rings. The van der Waals surface area contributed by atoms with Crippen molar-refractivity contribution in [2.45, 2.75) is 13.1 Å². The second kappa shape index (κ2) is 5.25. The number of hydrogen-bond acceptors (Lipinski definition) is 6. The summed E-state index contributed by atoms with van der Waals surface area (Å²) in [4.78, 5) is 13.5. The Bertz CT molecular complexity index is 664. The van der Waals surface area contributed by atoms with Crippen LogP contribution >= 0.6 is 0 Å². The molecular formula is C12H14N4O4. The minimum absolute atomic E-state index is 0.226. The Hall–Kier alpha value is -2.48. The largest absolute Gasteiger partial charge is 0.496 e. The summed E-state index contributed by atoms with van der Waals surface area (Å²) in [5.74, 6) is 2.66. The first-order valence-corrected chi connectivity index (χ1v) is 6.07. The van der Waals surface area contributed by atoms with E-state index in [4.69, 9.17) is 14.2 Å². The van der Waals surface area contributed by atoms with Crippen molar-refractivity contribution in [1.29, 1.82) is 0 Å². The molecule has 1 aliphatic rings. The highest BCUT2D eigenvalue weighted by molar-refractivity contribution is 5.51. The third kappa shape index (κ3) is 2.45. The maximum atomic E-state index is 10.9. The lowest BCUT2D eigenvalue weighted by Gasteiger charge is -2.10. The SMILES string of the molecule is COc1cc2c(cc1CNCc1n[nH]c(=O)[nH]1)OCO2. The number of methoxy groups -OCH3 is 1. The first-order valence-electron chi connectivity index (χ1n) is 6.07. The maximum absolute atomic E-state index is 10.9. The molecule has 0 unspecified atom stereocenters. The topological polar surface area (TPSA) is 101 Å². The van der Waals surface area contributed by atoms with Gasteiger partial charge in [-0.25, -0.2) is 9.89 Å².